The van der Waals surface area contributed by atoms with Gasteiger partial charge in [0.05, 0.1) is 6.67 Å². The summed E-state index contributed by atoms with van der Waals surface area (Å²) < 4.78 is 0. The van der Waals surface area contributed by atoms with Crippen LogP contribution in [0, 0.1) is 0 Å². The number of halogens is 4. The van der Waals surface area contributed by atoms with Gasteiger partial charge in [-0.2, -0.15) is 0 Å². The summed E-state index contributed by atoms with van der Waals surface area (Å²) in [5, 5.41) is 0. The van der Waals surface area contributed by atoms with Crippen LogP contribution in [0.25, 0.3) is 0 Å². The molecule has 0 aliphatic carbocycles. The van der Waals surface area contributed by atoms with Gasteiger partial charge in [-0.15, -0.1) is 49.6 Å². The summed E-state index contributed by atoms with van der Waals surface area (Å²) in [7, 11) is 2.13. The van der Waals surface area contributed by atoms with Crippen LogP contribution in [0.1, 0.15) is 64.7 Å². The summed E-state index contributed by atoms with van der Waals surface area (Å²) in [6, 6.07) is 0. The second kappa shape index (κ2) is 24.3. The molecule has 0 fully saturated rings. The normalized spacial score (nSPS) is 11.5. The van der Waals surface area contributed by atoms with Gasteiger partial charge in [-0.3, -0.25) is 0 Å². The van der Waals surface area contributed by atoms with E-state index in [1.165, 1.54) is 64.3 Å². The average molecular weight is 440 g/mol. The Balaban J connectivity index is -0.000000193. The van der Waals surface area contributed by atoms with Crippen LogP contribution in [0.4, 0.5) is 0 Å². The quantitative estimate of drug-likeness (QED) is 0.310. The molecule has 0 aromatic rings. The van der Waals surface area contributed by atoms with Crippen LogP contribution < -0.4 is 0 Å². The van der Waals surface area contributed by atoms with Gasteiger partial charge in [0.25, 0.3) is 0 Å². The van der Waals surface area contributed by atoms with Crippen molar-refractivity contribution < 1.29 is 17.1 Å². The molecule has 1 rings (SSSR count). The van der Waals surface area contributed by atoms with Crippen LogP contribution in [-0.4, -0.2) is 30.1 Å². The van der Waals surface area contributed by atoms with E-state index in [0.717, 1.165) is 6.67 Å². The zero-order valence-electron chi connectivity index (χ0n) is 13.8. The number of unbranched alkanes of at least 4 members (excludes halogenated alkanes) is 8. The zero-order valence-corrected chi connectivity index (χ0v) is 18.2. The molecule has 0 N–H and O–H groups in total. The Morgan fingerprint density at radius 1 is 0.727 bits per heavy atom. The van der Waals surface area contributed by atoms with Crippen molar-refractivity contribution in [2.75, 3.05) is 20.3 Å². The first-order valence-electron chi connectivity index (χ1n) is 7.45. The van der Waals surface area contributed by atoms with E-state index in [4.69, 9.17) is 0 Å². The first kappa shape index (κ1) is 34.4. The van der Waals surface area contributed by atoms with E-state index >= 15 is 0 Å². The second-order valence-electron chi connectivity index (χ2n) is 5.34. The maximum atomic E-state index is 2.40. The van der Waals surface area contributed by atoms with E-state index in [2.05, 4.69) is 36.2 Å². The van der Waals surface area contributed by atoms with Crippen LogP contribution in [0.15, 0.2) is 12.4 Å². The van der Waals surface area contributed by atoms with Crippen molar-refractivity contribution >= 4 is 49.6 Å². The maximum absolute atomic E-state index is 2.40. The molecule has 0 aromatic heterocycles. The van der Waals surface area contributed by atoms with Crippen molar-refractivity contribution in [2.45, 2.75) is 64.7 Å². The summed E-state index contributed by atoms with van der Waals surface area (Å²) in [4.78, 5) is 4.63. The zero-order chi connectivity index (χ0) is 12.3. The van der Waals surface area contributed by atoms with Crippen molar-refractivity contribution in [3.63, 3.8) is 0 Å². The van der Waals surface area contributed by atoms with Crippen LogP contribution in [0.5, 0.6) is 0 Å². The Morgan fingerprint density at radius 3 is 1.59 bits per heavy atom. The molecule has 2 nitrogen and oxygen atoms in total. The summed E-state index contributed by atoms with van der Waals surface area (Å²) in [6.45, 7) is 4.60. The first-order chi connectivity index (χ1) is 8.33. The predicted octanol–water partition coefficient (Wildman–Crippen LogP) is 5.88. The Hall–Kier alpha value is 1.02. The molecule has 0 radical (unpaired) electrons. The molecule has 1 heterocycles. The molecule has 0 spiro atoms. The van der Waals surface area contributed by atoms with Gasteiger partial charge >= 0.3 is 0 Å². The Morgan fingerprint density at radius 2 is 1.18 bits per heavy atom. The van der Waals surface area contributed by atoms with E-state index in [-0.39, 0.29) is 66.7 Å². The van der Waals surface area contributed by atoms with E-state index in [1.54, 1.807) is 0 Å². The molecule has 0 bridgehead atoms. The third-order valence-corrected chi connectivity index (χ3v) is 3.49. The third-order valence-electron chi connectivity index (χ3n) is 3.49. The Kier molecular flexibility index (Phi) is 37.9. The van der Waals surface area contributed by atoms with Gasteiger partial charge in [0, 0.05) is 43.1 Å². The fourth-order valence-corrected chi connectivity index (χ4v) is 2.36. The fraction of sp³-hybridized carbons (Fsp3) is 0.867. The Labute approximate surface area is 173 Å². The number of nitrogens with zero attached hydrogens (tertiary/aromatic N) is 2. The fourth-order valence-electron chi connectivity index (χ4n) is 2.36. The van der Waals surface area contributed by atoms with Gasteiger partial charge < -0.3 is 9.80 Å². The smallest absolute Gasteiger partial charge is 0.0890 e. The molecule has 0 atom stereocenters. The van der Waals surface area contributed by atoms with E-state index in [9.17, 15) is 0 Å². The summed E-state index contributed by atoms with van der Waals surface area (Å²) in [5.74, 6) is 0. The molecule has 0 saturated heterocycles. The molecule has 22 heavy (non-hydrogen) atoms. The van der Waals surface area contributed by atoms with Crippen molar-refractivity contribution in [1.29, 1.82) is 0 Å². The van der Waals surface area contributed by atoms with Crippen LogP contribution in [0.2, 0.25) is 0 Å². The number of hydrogen-bond donors (Lipinski definition) is 0. The second-order valence-corrected chi connectivity index (χ2v) is 5.34. The third kappa shape index (κ3) is 19.1. The molecule has 1 aliphatic heterocycles. The number of hydrogen-bond acceptors (Lipinski definition) is 2. The monoisotopic (exact) mass is 438 g/mol. The molecule has 0 saturated carbocycles. The van der Waals surface area contributed by atoms with Gasteiger partial charge in [0.2, 0.25) is 0 Å². The molecule has 7 heteroatoms. The topological polar surface area (TPSA) is 6.48 Å². The summed E-state index contributed by atoms with van der Waals surface area (Å²) in [5.41, 5.74) is 0. The van der Waals surface area contributed by atoms with E-state index < -0.39 is 0 Å². The SMILES string of the molecule is CCCCCCCCCCCN1C=CN(C)C1.Cl.Cl.Cl.Cl.[Fe]. The standard InChI is InChI=1S/C15H30N2.4ClH.Fe/c1-3-4-5-6-7-8-9-10-11-12-17-14-13-16(2)15-17;;;;;/h13-14H,3-12,15H2,1-2H3;4*1H;. The average Bonchev–Trinajstić information content (AvgIpc) is 2.73. The van der Waals surface area contributed by atoms with Crippen molar-refractivity contribution in [3.05, 3.63) is 12.4 Å². The Bertz CT molecular complexity index is 222. The summed E-state index contributed by atoms with van der Waals surface area (Å²) >= 11 is 0. The van der Waals surface area contributed by atoms with Crippen LogP contribution >= 0.6 is 49.6 Å². The van der Waals surface area contributed by atoms with Crippen molar-refractivity contribution in [1.82, 2.24) is 9.80 Å². The van der Waals surface area contributed by atoms with Crippen molar-refractivity contribution in [2.24, 2.45) is 0 Å². The molecule has 140 valence electrons. The number of rotatable bonds is 10. The van der Waals surface area contributed by atoms with E-state index in [0.29, 0.717) is 0 Å². The minimum absolute atomic E-state index is 0. The van der Waals surface area contributed by atoms with Gasteiger partial charge in [0.1, 0.15) is 0 Å². The van der Waals surface area contributed by atoms with Gasteiger partial charge in [-0.05, 0) is 6.42 Å². The maximum Gasteiger partial charge on any atom is 0.0890 e. The first-order valence-corrected chi connectivity index (χ1v) is 7.45. The van der Waals surface area contributed by atoms with Gasteiger partial charge in [-0.25, -0.2) is 0 Å². The van der Waals surface area contributed by atoms with Gasteiger partial charge in [-0.1, -0.05) is 58.3 Å². The minimum atomic E-state index is 0. The van der Waals surface area contributed by atoms with E-state index in [1.807, 2.05) is 0 Å². The van der Waals surface area contributed by atoms with Crippen LogP contribution in [-0.2, 0) is 17.1 Å². The largest absolute Gasteiger partial charge is 0.362 e. The summed E-state index contributed by atoms with van der Waals surface area (Å²) in [6.07, 6.45) is 17.1. The van der Waals surface area contributed by atoms with Crippen molar-refractivity contribution in [3.8, 4) is 0 Å². The molecule has 1 aliphatic rings. The molecule has 0 amide bonds. The molecule has 0 unspecified atom stereocenters. The van der Waals surface area contributed by atoms with Gasteiger partial charge in [0.15, 0.2) is 0 Å². The molecular formula is C15H34Cl4FeN2. The molecule has 0 aromatic carbocycles. The molecular weight excluding hydrogens is 406 g/mol. The minimum Gasteiger partial charge on any atom is -0.362 e. The van der Waals surface area contributed by atoms with Crippen LogP contribution in [0.3, 0.4) is 0 Å². The predicted molar refractivity (Wildman–Crippen MR) is 105 cm³/mol.